The van der Waals surface area contributed by atoms with E-state index < -0.39 is 0 Å². The molecule has 0 unspecified atom stereocenters. The number of aromatic nitrogens is 2. The monoisotopic (exact) mass is 316 g/mol. The van der Waals surface area contributed by atoms with Crippen LogP contribution in [-0.4, -0.2) is 27.8 Å². The van der Waals surface area contributed by atoms with Crippen molar-refractivity contribution >= 4 is 6.03 Å². The summed E-state index contributed by atoms with van der Waals surface area (Å²) < 4.78 is 14.8. The Labute approximate surface area is 135 Å². The van der Waals surface area contributed by atoms with Crippen molar-refractivity contribution in [2.45, 2.75) is 31.8 Å². The number of carbonyl (C=O) groups is 1. The molecule has 0 spiro atoms. The van der Waals surface area contributed by atoms with Crippen LogP contribution >= 0.6 is 0 Å². The van der Waals surface area contributed by atoms with Crippen molar-refractivity contribution in [1.82, 2.24) is 20.0 Å². The van der Waals surface area contributed by atoms with Gasteiger partial charge in [-0.25, -0.2) is 9.18 Å². The third kappa shape index (κ3) is 3.36. The van der Waals surface area contributed by atoms with E-state index in [4.69, 9.17) is 0 Å². The standard InChI is InChI=1S/C17H21FN4O/c1-21(11-12-6-8-13(18)9-7-12)17(23)20-15-4-3-5-16-14(15)10-19-22(16)2/h6-10,15H,3-5,11H2,1-2H3,(H,20,23)/t15-/m0/s1. The topological polar surface area (TPSA) is 50.2 Å². The zero-order valence-electron chi connectivity index (χ0n) is 13.4. The molecule has 0 aliphatic heterocycles. The van der Waals surface area contributed by atoms with Gasteiger partial charge in [-0.15, -0.1) is 0 Å². The lowest BCUT2D eigenvalue weighted by Gasteiger charge is -2.26. The van der Waals surface area contributed by atoms with Gasteiger partial charge in [0.15, 0.2) is 0 Å². The van der Waals surface area contributed by atoms with Crippen LogP contribution in [0.15, 0.2) is 30.5 Å². The van der Waals surface area contributed by atoms with Gasteiger partial charge < -0.3 is 10.2 Å². The molecule has 2 aromatic rings. The average Bonchev–Trinajstić information content (AvgIpc) is 2.92. The van der Waals surface area contributed by atoms with Crippen LogP contribution in [0, 0.1) is 5.82 Å². The summed E-state index contributed by atoms with van der Waals surface area (Å²) in [5.41, 5.74) is 3.21. The van der Waals surface area contributed by atoms with Gasteiger partial charge in [0.25, 0.3) is 0 Å². The highest BCUT2D eigenvalue weighted by molar-refractivity contribution is 5.74. The number of benzene rings is 1. The summed E-state index contributed by atoms with van der Waals surface area (Å²) in [6.07, 6.45) is 4.82. The molecular weight excluding hydrogens is 295 g/mol. The molecule has 5 nitrogen and oxygen atoms in total. The minimum Gasteiger partial charge on any atom is -0.331 e. The molecule has 6 heteroatoms. The Hall–Kier alpha value is -2.37. The van der Waals surface area contributed by atoms with Crippen molar-refractivity contribution in [2.24, 2.45) is 7.05 Å². The number of hydrogen-bond acceptors (Lipinski definition) is 2. The van der Waals surface area contributed by atoms with Crippen LogP contribution in [0.2, 0.25) is 0 Å². The number of carbonyl (C=O) groups excluding carboxylic acids is 1. The predicted molar refractivity (Wildman–Crippen MR) is 85.3 cm³/mol. The number of fused-ring (bicyclic) bond motifs is 1. The highest BCUT2D eigenvalue weighted by Crippen LogP contribution is 2.29. The third-order valence-electron chi connectivity index (χ3n) is 4.35. The molecule has 1 aliphatic rings. The second-order valence-corrected chi connectivity index (χ2v) is 6.05. The molecule has 1 heterocycles. The van der Waals surface area contributed by atoms with E-state index in [9.17, 15) is 9.18 Å². The summed E-state index contributed by atoms with van der Waals surface area (Å²) in [5.74, 6) is -0.271. The van der Waals surface area contributed by atoms with Gasteiger partial charge in [-0.3, -0.25) is 4.68 Å². The van der Waals surface area contributed by atoms with Crippen molar-refractivity contribution in [3.05, 3.63) is 53.1 Å². The average molecular weight is 316 g/mol. The fraction of sp³-hybridized carbons (Fsp3) is 0.412. The van der Waals surface area contributed by atoms with Crippen LogP contribution in [0.1, 0.15) is 35.7 Å². The molecule has 0 radical (unpaired) electrons. The van der Waals surface area contributed by atoms with Gasteiger partial charge in [0.05, 0.1) is 12.2 Å². The van der Waals surface area contributed by atoms with E-state index in [1.165, 1.54) is 17.8 Å². The van der Waals surface area contributed by atoms with Crippen molar-refractivity contribution < 1.29 is 9.18 Å². The SMILES string of the molecule is CN(Cc1ccc(F)cc1)C(=O)N[C@H]1CCCc2c1cnn2C. The second-order valence-electron chi connectivity index (χ2n) is 6.05. The first kappa shape index (κ1) is 15.5. The van der Waals surface area contributed by atoms with Crippen LogP contribution in [0.3, 0.4) is 0 Å². The Balaban J connectivity index is 1.64. The minimum absolute atomic E-state index is 0.00983. The molecule has 2 amide bonds. The number of halogens is 1. The van der Waals surface area contributed by atoms with Crippen molar-refractivity contribution in [1.29, 1.82) is 0 Å². The third-order valence-corrected chi connectivity index (χ3v) is 4.35. The molecular formula is C17H21FN4O. The highest BCUT2D eigenvalue weighted by Gasteiger charge is 2.25. The fourth-order valence-corrected chi connectivity index (χ4v) is 3.05. The summed E-state index contributed by atoms with van der Waals surface area (Å²) in [6, 6.07) is 6.08. The maximum atomic E-state index is 12.9. The summed E-state index contributed by atoms with van der Waals surface area (Å²) >= 11 is 0. The number of hydrogen-bond donors (Lipinski definition) is 1. The Morgan fingerprint density at radius 3 is 2.91 bits per heavy atom. The van der Waals surface area contributed by atoms with Gasteiger partial charge in [-0.05, 0) is 37.0 Å². The van der Waals surface area contributed by atoms with Crippen molar-refractivity contribution in [3.63, 3.8) is 0 Å². The molecule has 1 aromatic heterocycles. The zero-order valence-corrected chi connectivity index (χ0v) is 13.4. The quantitative estimate of drug-likeness (QED) is 0.946. The smallest absolute Gasteiger partial charge is 0.317 e. The molecule has 23 heavy (non-hydrogen) atoms. The van der Waals surface area contributed by atoms with E-state index >= 15 is 0 Å². The molecule has 1 aliphatic carbocycles. The van der Waals surface area contributed by atoms with Crippen molar-refractivity contribution in [2.75, 3.05) is 7.05 Å². The Kier molecular flexibility index (Phi) is 4.32. The first-order chi connectivity index (χ1) is 11.0. The molecule has 3 rings (SSSR count). The molecule has 122 valence electrons. The molecule has 0 saturated carbocycles. The van der Waals surface area contributed by atoms with Gasteiger partial charge in [-0.2, -0.15) is 5.10 Å². The number of urea groups is 1. The van der Waals surface area contributed by atoms with Crippen LogP contribution in [0.25, 0.3) is 0 Å². The fourth-order valence-electron chi connectivity index (χ4n) is 3.05. The van der Waals surface area contributed by atoms with Gasteiger partial charge in [0.1, 0.15) is 5.82 Å². The largest absolute Gasteiger partial charge is 0.331 e. The van der Waals surface area contributed by atoms with E-state index in [1.807, 2.05) is 17.9 Å². The van der Waals surface area contributed by atoms with Gasteiger partial charge in [0, 0.05) is 31.9 Å². The summed E-state index contributed by atoms with van der Waals surface area (Å²) in [7, 11) is 3.68. The number of rotatable bonds is 3. The van der Waals surface area contributed by atoms with Crippen molar-refractivity contribution in [3.8, 4) is 0 Å². The number of aryl methyl sites for hydroxylation is 1. The maximum absolute atomic E-state index is 12.9. The molecule has 1 N–H and O–H groups in total. The maximum Gasteiger partial charge on any atom is 0.317 e. The Morgan fingerprint density at radius 2 is 2.17 bits per heavy atom. The molecule has 0 saturated heterocycles. The first-order valence-corrected chi connectivity index (χ1v) is 7.81. The highest BCUT2D eigenvalue weighted by atomic mass is 19.1. The predicted octanol–water partition coefficient (Wildman–Crippen LogP) is 2.78. The number of nitrogens with one attached hydrogen (secondary N) is 1. The summed E-state index contributed by atoms with van der Waals surface area (Å²) in [4.78, 5) is 14.0. The second kappa shape index (κ2) is 6.40. The van der Waals surface area contributed by atoms with E-state index in [0.29, 0.717) is 6.54 Å². The lowest BCUT2D eigenvalue weighted by molar-refractivity contribution is 0.201. The Bertz CT molecular complexity index is 695. The van der Waals surface area contributed by atoms with Crippen LogP contribution in [0.5, 0.6) is 0 Å². The van der Waals surface area contributed by atoms with Crippen LogP contribution in [0.4, 0.5) is 9.18 Å². The number of amides is 2. The molecule has 0 bridgehead atoms. The van der Waals surface area contributed by atoms with E-state index in [-0.39, 0.29) is 17.9 Å². The Morgan fingerprint density at radius 1 is 1.43 bits per heavy atom. The summed E-state index contributed by atoms with van der Waals surface area (Å²) in [5, 5.41) is 7.37. The van der Waals surface area contributed by atoms with Crippen LogP contribution < -0.4 is 5.32 Å². The zero-order chi connectivity index (χ0) is 16.4. The lowest BCUT2D eigenvalue weighted by atomic mass is 9.93. The van der Waals surface area contributed by atoms with Crippen LogP contribution in [-0.2, 0) is 20.0 Å². The molecule has 1 aromatic carbocycles. The minimum atomic E-state index is -0.271. The molecule has 1 atom stereocenters. The summed E-state index contributed by atoms with van der Waals surface area (Å²) in [6.45, 7) is 0.443. The van der Waals surface area contributed by atoms with E-state index in [0.717, 1.165) is 30.4 Å². The number of nitrogens with zero attached hydrogens (tertiary/aromatic N) is 3. The van der Waals surface area contributed by atoms with Gasteiger partial charge in [-0.1, -0.05) is 12.1 Å². The normalized spacial score (nSPS) is 16.7. The van der Waals surface area contributed by atoms with Gasteiger partial charge >= 0.3 is 6.03 Å². The molecule has 0 fully saturated rings. The van der Waals surface area contributed by atoms with E-state index in [1.54, 1.807) is 24.1 Å². The van der Waals surface area contributed by atoms with E-state index in [2.05, 4.69) is 10.4 Å². The first-order valence-electron chi connectivity index (χ1n) is 7.81. The lowest BCUT2D eigenvalue weighted by Crippen LogP contribution is -2.39. The van der Waals surface area contributed by atoms with Gasteiger partial charge in [0.2, 0.25) is 0 Å².